The molecule has 0 unspecified atom stereocenters. The molecule has 0 aliphatic carbocycles. The number of aromatic nitrogens is 3. The summed E-state index contributed by atoms with van der Waals surface area (Å²) in [5, 5.41) is 21.1. The van der Waals surface area contributed by atoms with Crippen LogP contribution in [-0.4, -0.2) is 15.4 Å². The van der Waals surface area contributed by atoms with Crippen molar-refractivity contribution in [1.29, 1.82) is 5.26 Å². The number of thiophene rings is 1. The van der Waals surface area contributed by atoms with Gasteiger partial charge in [0.2, 0.25) is 0 Å². The second kappa shape index (κ2) is 5.51. The van der Waals surface area contributed by atoms with Gasteiger partial charge in [0.05, 0.1) is 0 Å². The summed E-state index contributed by atoms with van der Waals surface area (Å²) in [4.78, 5) is 1.22. The number of rotatable bonds is 3. The number of nitrogens with zero attached hydrogens (tertiary/aromatic N) is 3. The Morgan fingerprint density at radius 3 is 2.70 bits per heavy atom. The summed E-state index contributed by atoms with van der Waals surface area (Å²) < 4.78 is 0. The zero-order valence-electron chi connectivity index (χ0n) is 10.4. The van der Waals surface area contributed by atoms with Gasteiger partial charge in [-0.1, -0.05) is 41.6 Å². The van der Waals surface area contributed by atoms with E-state index in [1.165, 1.54) is 4.88 Å². The lowest BCUT2D eigenvalue weighted by Crippen LogP contribution is -1.82. The lowest BCUT2D eigenvalue weighted by Gasteiger charge is -1.98. The maximum atomic E-state index is 8.93. The molecule has 1 N–H and O–H groups in total. The van der Waals surface area contributed by atoms with Gasteiger partial charge in [-0.15, -0.1) is 16.4 Å². The molecule has 0 spiro atoms. The number of benzene rings is 1. The molecule has 0 amide bonds. The molecule has 2 aromatic heterocycles. The highest BCUT2D eigenvalue weighted by Crippen LogP contribution is 2.20. The number of H-pyrrole nitrogens is 1. The zero-order valence-corrected chi connectivity index (χ0v) is 11.3. The van der Waals surface area contributed by atoms with Crippen molar-refractivity contribution in [3.8, 4) is 17.3 Å². The molecule has 3 rings (SSSR count). The van der Waals surface area contributed by atoms with Crippen molar-refractivity contribution in [2.45, 2.75) is 0 Å². The predicted octanol–water partition coefficient (Wildman–Crippen LogP) is 3.58. The van der Waals surface area contributed by atoms with Crippen LogP contribution in [0.3, 0.4) is 0 Å². The van der Waals surface area contributed by atoms with E-state index in [0.29, 0.717) is 11.4 Å². The third kappa shape index (κ3) is 2.51. The fourth-order valence-electron chi connectivity index (χ4n) is 1.83. The molecule has 5 heteroatoms. The maximum absolute atomic E-state index is 8.93. The standard InChI is InChI=1S/C15H10N4S/c16-10-14-15(18-19-17-14)12-6-3-11(4-7-12)5-8-13-2-1-9-20-13/h1-9H,(H,17,18,19). The first-order valence-corrected chi connectivity index (χ1v) is 6.88. The summed E-state index contributed by atoms with van der Waals surface area (Å²) in [6.45, 7) is 0. The van der Waals surface area contributed by atoms with Crippen LogP contribution in [0.15, 0.2) is 41.8 Å². The van der Waals surface area contributed by atoms with E-state index in [1.54, 1.807) is 11.3 Å². The van der Waals surface area contributed by atoms with Gasteiger partial charge < -0.3 is 0 Å². The lowest BCUT2D eigenvalue weighted by molar-refractivity contribution is 0.937. The first-order valence-electron chi connectivity index (χ1n) is 6.00. The Hall–Kier alpha value is -2.71. The Morgan fingerprint density at radius 1 is 1.15 bits per heavy atom. The highest BCUT2D eigenvalue weighted by atomic mass is 32.1. The molecule has 0 saturated heterocycles. The van der Waals surface area contributed by atoms with Gasteiger partial charge in [-0.3, -0.25) is 5.10 Å². The molecule has 0 saturated carbocycles. The van der Waals surface area contributed by atoms with E-state index in [2.05, 4.69) is 39.0 Å². The largest absolute Gasteiger partial charge is 0.256 e. The summed E-state index contributed by atoms with van der Waals surface area (Å²) in [7, 11) is 0. The second-order valence-electron chi connectivity index (χ2n) is 4.12. The Kier molecular flexibility index (Phi) is 3.40. The van der Waals surface area contributed by atoms with Gasteiger partial charge in [-0.25, -0.2) is 0 Å². The third-order valence-electron chi connectivity index (χ3n) is 2.84. The summed E-state index contributed by atoms with van der Waals surface area (Å²) in [5.41, 5.74) is 2.97. The number of hydrogen-bond acceptors (Lipinski definition) is 4. The minimum atomic E-state index is 0.312. The van der Waals surface area contributed by atoms with Gasteiger partial charge in [-0.05, 0) is 23.1 Å². The van der Waals surface area contributed by atoms with E-state index in [-0.39, 0.29) is 0 Å². The lowest BCUT2D eigenvalue weighted by atomic mass is 10.1. The summed E-state index contributed by atoms with van der Waals surface area (Å²) in [6.07, 6.45) is 4.14. The van der Waals surface area contributed by atoms with Crippen molar-refractivity contribution in [2.75, 3.05) is 0 Å². The minimum absolute atomic E-state index is 0.312. The smallest absolute Gasteiger partial charge is 0.190 e. The Morgan fingerprint density at radius 2 is 2.00 bits per heavy atom. The molecule has 2 heterocycles. The van der Waals surface area contributed by atoms with Crippen molar-refractivity contribution >= 4 is 23.5 Å². The van der Waals surface area contributed by atoms with Crippen LogP contribution in [0.5, 0.6) is 0 Å². The highest BCUT2D eigenvalue weighted by Gasteiger charge is 2.07. The van der Waals surface area contributed by atoms with Crippen molar-refractivity contribution in [3.63, 3.8) is 0 Å². The van der Waals surface area contributed by atoms with Crippen molar-refractivity contribution < 1.29 is 0 Å². The van der Waals surface area contributed by atoms with Gasteiger partial charge in [0.25, 0.3) is 0 Å². The first-order chi connectivity index (χ1) is 9.86. The van der Waals surface area contributed by atoms with E-state index >= 15 is 0 Å². The van der Waals surface area contributed by atoms with Crippen LogP contribution in [0, 0.1) is 11.3 Å². The van der Waals surface area contributed by atoms with Gasteiger partial charge in [-0.2, -0.15) is 5.26 Å². The summed E-state index contributed by atoms with van der Waals surface area (Å²) in [6, 6.07) is 14.0. The Labute approximate surface area is 120 Å². The van der Waals surface area contributed by atoms with E-state index in [0.717, 1.165) is 11.1 Å². The molecule has 0 aliphatic heterocycles. The molecule has 96 valence electrons. The fraction of sp³-hybridized carbons (Fsp3) is 0. The van der Waals surface area contributed by atoms with Crippen molar-refractivity contribution in [3.05, 3.63) is 57.9 Å². The molecule has 0 atom stereocenters. The van der Waals surface area contributed by atoms with Crippen LogP contribution in [0.2, 0.25) is 0 Å². The molecule has 0 aliphatic rings. The van der Waals surface area contributed by atoms with E-state index < -0.39 is 0 Å². The van der Waals surface area contributed by atoms with Crippen LogP contribution >= 0.6 is 11.3 Å². The monoisotopic (exact) mass is 278 g/mol. The molecule has 20 heavy (non-hydrogen) atoms. The van der Waals surface area contributed by atoms with Crippen LogP contribution in [-0.2, 0) is 0 Å². The average Bonchev–Trinajstić information content (AvgIpc) is 3.16. The number of nitrogens with one attached hydrogen (secondary N) is 1. The molecule has 0 bridgehead atoms. The number of aromatic amines is 1. The van der Waals surface area contributed by atoms with Gasteiger partial charge in [0.1, 0.15) is 11.8 Å². The van der Waals surface area contributed by atoms with Crippen LogP contribution in [0.25, 0.3) is 23.4 Å². The van der Waals surface area contributed by atoms with Gasteiger partial charge in [0, 0.05) is 10.4 Å². The van der Waals surface area contributed by atoms with E-state index in [9.17, 15) is 0 Å². The molecule has 0 fully saturated rings. The zero-order chi connectivity index (χ0) is 13.8. The number of hydrogen-bond donors (Lipinski definition) is 1. The normalized spacial score (nSPS) is 10.8. The molecular weight excluding hydrogens is 268 g/mol. The molecule has 1 aromatic carbocycles. The predicted molar refractivity (Wildman–Crippen MR) is 79.8 cm³/mol. The maximum Gasteiger partial charge on any atom is 0.190 e. The first kappa shape index (κ1) is 12.3. The van der Waals surface area contributed by atoms with Gasteiger partial charge >= 0.3 is 0 Å². The second-order valence-corrected chi connectivity index (χ2v) is 5.10. The third-order valence-corrected chi connectivity index (χ3v) is 3.67. The van der Waals surface area contributed by atoms with Crippen molar-refractivity contribution in [1.82, 2.24) is 15.4 Å². The van der Waals surface area contributed by atoms with Crippen LogP contribution in [0.1, 0.15) is 16.1 Å². The molecular formula is C15H10N4S. The van der Waals surface area contributed by atoms with Crippen LogP contribution < -0.4 is 0 Å². The minimum Gasteiger partial charge on any atom is -0.256 e. The van der Waals surface area contributed by atoms with E-state index in [1.807, 2.05) is 36.4 Å². The van der Waals surface area contributed by atoms with Crippen molar-refractivity contribution in [2.24, 2.45) is 0 Å². The fourth-order valence-corrected chi connectivity index (χ4v) is 2.45. The quantitative estimate of drug-likeness (QED) is 0.796. The average molecular weight is 278 g/mol. The highest BCUT2D eigenvalue weighted by molar-refractivity contribution is 7.10. The summed E-state index contributed by atoms with van der Waals surface area (Å²) >= 11 is 1.70. The molecule has 3 aromatic rings. The van der Waals surface area contributed by atoms with Gasteiger partial charge in [0.15, 0.2) is 5.69 Å². The molecule has 4 nitrogen and oxygen atoms in total. The SMILES string of the molecule is N#Cc1nn[nH]c1-c1ccc(C=Cc2cccs2)cc1. The topological polar surface area (TPSA) is 65.4 Å². The van der Waals surface area contributed by atoms with E-state index in [4.69, 9.17) is 5.26 Å². The Balaban J connectivity index is 1.83. The van der Waals surface area contributed by atoms with Crippen LogP contribution in [0.4, 0.5) is 0 Å². The molecule has 0 radical (unpaired) electrons. The number of nitriles is 1. The Bertz CT molecular complexity index is 761. The summed E-state index contributed by atoms with van der Waals surface area (Å²) in [5.74, 6) is 0.